The lowest BCUT2D eigenvalue weighted by Crippen LogP contribution is -2.32. The smallest absolute Gasteiger partial charge is 0.230 e. The van der Waals surface area contributed by atoms with E-state index in [0.717, 1.165) is 38.9 Å². The van der Waals surface area contributed by atoms with Crippen LogP contribution in [0.4, 0.5) is 5.95 Å². The zero-order valence-electron chi connectivity index (χ0n) is 13.2. The van der Waals surface area contributed by atoms with Gasteiger partial charge in [-0.25, -0.2) is 4.98 Å². The van der Waals surface area contributed by atoms with Crippen LogP contribution in [0, 0.1) is 11.3 Å². The molecule has 0 bridgehead atoms. The summed E-state index contributed by atoms with van der Waals surface area (Å²) in [5.74, 6) is 0.939. The topological polar surface area (TPSA) is 59.0 Å². The van der Waals surface area contributed by atoms with Crippen molar-refractivity contribution < 1.29 is 4.79 Å². The second kappa shape index (κ2) is 5.81. The number of benzene rings is 1. The maximum Gasteiger partial charge on any atom is 0.230 e. The molecule has 2 aliphatic rings. The first-order valence-corrected chi connectivity index (χ1v) is 8.33. The van der Waals surface area contributed by atoms with E-state index in [9.17, 15) is 4.79 Å². The number of nitrogens with one attached hydrogen (secondary N) is 2. The van der Waals surface area contributed by atoms with Crippen molar-refractivity contribution in [2.45, 2.75) is 25.8 Å². The van der Waals surface area contributed by atoms with E-state index in [0.29, 0.717) is 5.95 Å². The lowest BCUT2D eigenvalue weighted by atomic mass is 9.92. The second-order valence-corrected chi connectivity index (χ2v) is 6.72. The van der Waals surface area contributed by atoms with Crippen LogP contribution in [-0.2, 0) is 11.3 Å². The van der Waals surface area contributed by atoms with Crippen molar-refractivity contribution in [2.75, 3.05) is 18.4 Å². The molecule has 1 saturated carbocycles. The average Bonchev–Trinajstić information content (AvgIpc) is 3.10. The molecule has 1 saturated heterocycles. The summed E-state index contributed by atoms with van der Waals surface area (Å²) in [6.45, 7) is 2.79. The first-order chi connectivity index (χ1) is 11.3. The lowest BCUT2D eigenvalue weighted by Gasteiger charge is -2.23. The van der Waals surface area contributed by atoms with E-state index in [-0.39, 0.29) is 17.2 Å². The summed E-state index contributed by atoms with van der Waals surface area (Å²) in [4.78, 5) is 16.9. The molecule has 5 nitrogen and oxygen atoms in total. The van der Waals surface area contributed by atoms with Gasteiger partial charge in [0.05, 0.1) is 6.54 Å². The second-order valence-electron chi connectivity index (χ2n) is 6.72. The minimum absolute atomic E-state index is 0.132. The van der Waals surface area contributed by atoms with Crippen LogP contribution in [0.25, 0.3) is 0 Å². The Balaban J connectivity index is 1.42. The van der Waals surface area contributed by atoms with Gasteiger partial charge in [-0.05, 0) is 43.3 Å². The first kappa shape index (κ1) is 14.5. The third kappa shape index (κ3) is 2.88. The minimum atomic E-state index is 0.132. The number of anilines is 1. The number of hydrogen-bond donors (Lipinski definition) is 2. The number of rotatable bonds is 4. The van der Waals surface area contributed by atoms with Gasteiger partial charge in [-0.3, -0.25) is 10.1 Å². The molecular weight excluding hydrogens is 288 g/mol. The van der Waals surface area contributed by atoms with Crippen molar-refractivity contribution in [2.24, 2.45) is 11.3 Å². The predicted molar refractivity (Wildman–Crippen MR) is 89.0 cm³/mol. The quantitative estimate of drug-likeness (QED) is 0.911. The number of aromatic nitrogens is 2. The summed E-state index contributed by atoms with van der Waals surface area (Å²) < 4.78 is 1.99. The fourth-order valence-corrected chi connectivity index (χ4v) is 3.73. The van der Waals surface area contributed by atoms with Gasteiger partial charge >= 0.3 is 0 Å². The summed E-state index contributed by atoms with van der Waals surface area (Å²) in [5.41, 5.74) is 1.45. The van der Waals surface area contributed by atoms with Crippen LogP contribution >= 0.6 is 0 Å². The van der Waals surface area contributed by atoms with Crippen molar-refractivity contribution >= 4 is 11.9 Å². The van der Waals surface area contributed by atoms with Gasteiger partial charge in [-0.15, -0.1) is 0 Å². The maximum absolute atomic E-state index is 12.6. The summed E-state index contributed by atoms with van der Waals surface area (Å²) in [7, 11) is 0. The SMILES string of the molecule is O=C(Nc1nccn1Cc1ccccc1)C1CC12CCNCC2. The molecule has 1 atom stereocenters. The van der Waals surface area contributed by atoms with Crippen LogP contribution in [0.1, 0.15) is 24.8 Å². The van der Waals surface area contributed by atoms with E-state index in [1.165, 1.54) is 5.56 Å². The van der Waals surface area contributed by atoms with Gasteiger partial charge in [-0.2, -0.15) is 0 Å². The third-order valence-electron chi connectivity index (χ3n) is 5.25. The van der Waals surface area contributed by atoms with Gasteiger partial charge in [0.15, 0.2) is 0 Å². The Bertz CT molecular complexity index is 688. The number of carbonyl (C=O) groups is 1. The zero-order valence-corrected chi connectivity index (χ0v) is 13.2. The minimum Gasteiger partial charge on any atom is -0.317 e. The van der Waals surface area contributed by atoms with E-state index >= 15 is 0 Å². The molecule has 2 N–H and O–H groups in total. The predicted octanol–water partition coefficient (Wildman–Crippen LogP) is 2.26. The summed E-state index contributed by atoms with van der Waals surface area (Å²) in [5, 5.41) is 6.41. The van der Waals surface area contributed by atoms with Crippen LogP contribution < -0.4 is 10.6 Å². The molecule has 23 heavy (non-hydrogen) atoms. The number of carbonyl (C=O) groups excluding carboxylic acids is 1. The molecular formula is C18H22N4O. The van der Waals surface area contributed by atoms with Crippen molar-refractivity contribution in [3.63, 3.8) is 0 Å². The summed E-state index contributed by atoms with van der Waals surface area (Å²) in [6, 6.07) is 10.2. The number of nitrogens with zero attached hydrogens (tertiary/aromatic N) is 2. The largest absolute Gasteiger partial charge is 0.317 e. The highest BCUT2D eigenvalue weighted by molar-refractivity contribution is 5.93. The van der Waals surface area contributed by atoms with Crippen LogP contribution in [0.15, 0.2) is 42.7 Å². The normalized spacial score (nSPS) is 22.0. The number of hydrogen-bond acceptors (Lipinski definition) is 3. The molecule has 1 aliphatic heterocycles. The van der Waals surface area contributed by atoms with E-state index in [2.05, 4.69) is 27.8 Å². The standard InChI is InChI=1S/C18H22N4O/c23-16(15-12-18(15)6-8-19-9-7-18)21-17-20-10-11-22(17)13-14-4-2-1-3-5-14/h1-5,10-11,15,19H,6-9,12-13H2,(H,20,21,23). The molecule has 5 heteroatoms. The Morgan fingerprint density at radius 3 is 2.87 bits per heavy atom. The lowest BCUT2D eigenvalue weighted by molar-refractivity contribution is -0.118. The van der Waals surface area contributed by atoms with Crippen LogP contribution in [0.3, 0.4) is 0 Å². The highest BCUT2D eigenvalue weighted by Gasteiger charge is 2.57. The fourth-order valence-electron chi connectivity index (χ4n) is 3.73. The summed E-state index contributed by atoms with van der Waals surface area (Å²) in [6.07, 6.45) is 6.91. The third-order valence-corrected chi connectivity index (χ3v) is 5.25. The number of imidazole rings is 1. The molecule has 2 fully saturated rings. The molecule has 1 spiro atoms. The molecule has 1 aromatic heterocycles. The molecule has 0 radical (unpaired) electrons. The molecule has 2 aromatic rings. The molecule has 120 valence electrons. The Hall–Kier alpha value is -2.14. The van der Waals surface area contributed by atoms with Crippen molar-refractivity contribution in [3.8, 4) is 0 Å². The van der Waals surface area contributed by atoms with Gasteiger partial charge in [0.25, 0.3) is 0 Å². The highest BCUT2D eigenvalue weighted by atomic mass is 16.2. The van der Waals surface area contributed by atoms with Crippen LogP contribution in [-0.4, -0.2) is 28.5 Å². The first-order valence-electron chi connectivity index (χ1n) is 8.33. The van der Waals surface area contributed by atoms with Gasteiger partial charge in [0, 0.05) is 18.3 Å². The maximum atomic E-state index is 12.6. The number of amides is 1. The van der Waals surface area contributed by atoms with Gasteiger partial charge in [0.2, 0.25) is 11.9 Å². The molecule has 2 heterocycles. The highest BCUT2D eigenvalue weighted by Crippen LogP contribution is 2.58. The van der Waals surface area contributed by atoms with Crippen molar-refractivity contribution in [3.05, 3.63) is 48.3 Å². The summed E-state index contributed by atoms with van der Waals surface area (Å²) >= 11 is 0. The molecule has 4 rings (SSSR count). The molecule has 1 amide bonds. The van der Waals surface area contributed by atoms with Gasteiger partial charge in [-0.1, -0.05) is 30.3 Å². The van der Waals surface area contributed by atoms with Gasteiger partial charge < -0.3 is 9.88 Å². The van der Waals surface area contributed by atoms with E-state index in [4.69, 9.17) is 0 Å². The van der Waals surface area contributed by atoms with E-state index in [1.807, 2.05) is 29.0 Å². The fraction of sp³-hybridized carbons (Fsp3) is 0.444. The Morgan fingerprint density at radius 1 is 1.30 bits per heavy atom. The molecule has 1 aliphatic carbocycles. The van der Waals surface area contributed by atoms with Crippen LogP contribution in [0.2, 0.25) is 0 Å². The number of piperidine rings is 1. The van der Waals surface area contributed by atoms with E-state index in [1.54, 1.807) is 6.20 Å². The Morgan fingerprint density at radius 2 is 2.09 bits per heavy atom. The zero-order chi connectivity index (χ0) is 15.7. The monoisotopic (exact) mass is 310 g/mol. The van der Waals surface area contributed by atoms with Crippen molar-refractivity contribution in [1.82, 2.24) is 14.9 Å². The molecule has 1 aromatic carbocycles. The Labute approximate surface area is 136 Å². The van der Waals surface area contributed by atoms with Crippen LogP contribution in [0.5, 0.6) is 0 Å². The Kier molecular flexibility index (Phi) is 3.65. The van der Waals surface area contributed by atoms with Crippen molar-refractivity contribution in [1.29, 1.82) is 0 Å². The average molecular weight is 310 g/mol. The molecule has 1 unspecified atom stereocenters. The van der Waals surface area contributed by atoms with E-state index < -0.39 is 0 Å². The van der Waals surface area contributed by atoms with Gasteiger partial charge in [0.1, 0.15) is 0 Å².